The van der Waals surface area contributed by atoms with Gasteiger partial charge in [0.05, 0.1) is 16.1 Å². The highest BCUT2D eigenvalue weighted by Crippen LogP contribution is 2.35. The summed E-state index contributed by atoms with van der Waals surface area (Å²) in [5, 5.41) is 10.3. The summed E-state index contributed by atoms with van der Waals surface area (Å²) in [4.78, 5) is 35.0. The number of piperidine rings is 1. The molecule has 2 aliphatic rings. The van der Waals surface area contributed by atoms with E-state index >= 15 is 0 Å². The van der Waals surface area contributed by atoms with Crippen LogP contribution in [0.15, 0.2) is 36.5 Å². The Morgan fingerprint density at radius 2 is 1.91 bits per heavy atom. The van der Waals surface area contributed by atoms with Gasteiger partial charge in [-0.3, -0.25) is 4.79 Å². The van der Waals surface area contributed by atoms with E-state index in [0.717, 1.165) is 11.4 Å². The molecule has 4 rings (SSSR count). The first-order chi connectivity index (χ1) is 16.3. The van der Waals surface area contributed by atoms with Gasteiger partial charge in [0.2, 0.25) is 5.91 Å². The van der Waals surface area contributed by atoms with Crippen LogP contribution in [0.25, 0.3) is 0 Å². The Morgan fingerprint density at radius 3 is 2.50 bits per heavy atom. The number of likely N-dealkylation sites (N-methyl/N-ethyl adjacent to an activating group) is 1. The maximum Gasteiger partial charge on any atom is 0.407 e. The molecule has 0 bridgehead atoms. The quantitative estimate of drug-likeness (QED) is 0.631. The Morgan fingerprint density at radius 1 is 1.18 bits per heavy atom. The molecule has 0 radical (unpaired) electrons. The summed E-state index contributed by atoms with van der Waals surface area (Å²) in [7, 11) is 0. The normalized spacial score (nSPS) is 21.1. The number of nitrogens with zero attached hydrogens (tertiary/aromatic N) is 4. The van der Waals surface area contributed by atoms with Crippen LogP contribution in [0.2, 0.25) is 10.0 Å². The Kier molecular flexibility index (Phi) is 7.48. The fraction of sp³-hybridized carbons (Fsp3) is 0.458. The molecule has 10 heteroatoms. The Hall–Kier alpha value is -2.58. The molecule has 2 amide bonds. The number of aromatic nitrogens is 1. The lowest BCUT2D eigenvalue weighted by molar-refractivity contribution is -0.135. The molecular formula is C24H27Cl2FN4O3. The van der Waals surface area contributed by atoms with Crippen LogP contribution < -0.4 is 4.90 Å². The average molecular weight is 509 g/mol. The number of hydrogen-bond donors (Lipinski definition) is 1. The largest absolute Gasteiger partial charge is 0.465 e. The molecule has 7 nitrogen and oxygen atoms in total. The van der Waals surface area contributed by atoms with Gasteiger partial charge in [0.25, 0.3) is 0 Å². The van der Waals surface area contributed by atoms with E-state index in [1.165, 1.54) is 17.0 Å². The van der Waals surface area contributed by atoms with Gasteiger partial charge >= 0.3 is 6.09 Å². The van der Waals surface area contributed by atoms with Crippen LogP contribution in [0.4, 0.5) is 15.0 Å². The van der Waals surface area contributed by atoms with Crippen molar-refractivity contribution >= 4 is 41.0 Å². The minimum absolute atomic E-state index is 0.0115. The van der Waals surface area contributed by atoms with Gasteiger partial charge in [0.1, 0.15) is 11.6 Å². The number of benzene rings is 1. The van der Waals surface area contributed by atoms with E-state index in [2.05, 4.69) is 9.88 Å². The first kappa shape index (κ1) is 24.5. The first-order valence-electron chi connectivity index (χ1n) is 11.4. The minimum Gasteiger partial charge on any atom is -0.465 e. The summed E-state index contributed by atoms with van der Waals surface area (Å²) in [6.45, 7) is 4.14. The predicted molar refractivity (Wildman–Crippen MR) is 129 cm³/mol. The molecule has 2 aliphatic heterocycles. The van der Waals surface area contributed by atoms with Crippen LogP contribution >= 0.6 is 23.2 Å². The van der Waals surface area contributed by atoms with Crippen molar-refractivity contribution in [2.75, 3.05) is 37.6 Å². The zero-order chi connectivity index (χ0) is 24.4. The van der Waals surface area contributed by atoms with Gasteiger partial charge in [-0.2, -0.15) is 0 Å². The summed E-state index contributed by atoms with van der Waals surface area (Å²) in [5.74, 6) is -0.0766. The molecule has 3 heterocycles. The van der Waals surface area contributed by atoms with Crippen molar-refractivity contribution in [3.8, 4) is 0 Å². The number of anilines is 1. The van der Waals surface area contributed by atoms with Crippen LogP contribution in [0.1, 0.15) is 31.2 Å². The molecule has 0 unspecified atom stereocenters. The van der Waals surface area contributed by atoms with Crippen molar-refractivity contribution in [1.82, 2.24) is 14.8 Å². The van der Waals surface area contributed by atoms with Crippen molar-refractivity contribution in [2.45, 2.75) is 31.7 Å². The van der Waals surface area contributed by atoms with Gasteiger partial charge in [-0.05, 0) is 49.6 Å². The van der Waals surface area contributed by atoms with Gasteiger partial charge in [-0.25, -0.2) is 14.2 Å². The van der Waals surface area contributed by atoms with Crippen molar-refractivity contribution < 1.29 is 19.1 Å². The van der Waals surface area contributed by atoms with E-state index in [9.17, 15) is 19.1 Å². The van der Waals surface area contributed by atoms with E-state index in [0.29, 0.717) is 50.6 Å². The molecule has 1 aromatic heterocycles. The SMILES string of the molecule is CCN(C(=O)O)[C@@H]1CN(C(=O)C2CCN(c3ccc(Cl)cn3)CC2)C[C@H]1c1ccc(F)c(Cl)c1. The number of halogens is 3. The maximum absolute atomic E-state index is 13.7. The van der Waals surface area contributed by atoms with Crippen LogP contribution in [-0.4, -0.2) is 70.7 Å². The second-order valence-electron chi connectivity index (χ2n) is 8.76. The molecular weight excluding hydrogens is 482 g/mol. The van der Waals surface area contributed by atoms with E-state index < -0.39 is 18.0 Å². The van der Waals surface area contributed by atoms with Gasteiger partial charge in [0.15, 0.2) is 0 Å². The van der Waals surface area contributed by atoms with Crippen LogP contribution in [0.5, 0.6) is 0 Å². The van der Waals surface area contributed by atoms with Crippen LogP contribution in [-0.2, 0) is 4.79 Å². The summed E-state index contributed by atoms with van der Waals surface area (Å²) in [6.07, 6.45) is 1.95. The number of carbonyl (C=O) groups excluding carboxylic acids is 1. The van der Waals surface area contributed by atoms with Gasteiger partial charge < -0.3 is 19.8 Å². The van der Waals surface area contributed by atoms with E-state index in [4.69, 9.17) is 23.2 Å². The van der Waals surface area contributed by atoms with Crippen molar-refractivity contribution in [1.29, 1.82) is 0 Å². The third-order valence-corrected chi connectivity index (χ3v) is 7.35. The van der Waals surface area contributed by atoms with E-state index in [1.54, 1.807) is 30.2 Å². The zero-order valence-corrected chi connectivity index (χ0v) is 20.3. The third kappa shape index (κ3) is 5.08. The molecule has 2 fully saturated rings. The fourth-order valence-electron chi connectivity index (χ4n) is 5.03. The number of rotatable bonds is 5. The second kappa shape index (κ2) is 10.4. The van der Waals surface area contributed by atoms with Crippen LogP contribution in [0.3, 0.4) is 0 Å². The summed E-state index contributed by atoms with van der Waals surface area (Å²) < 4.78 is 13.7. The number of pyridine rings is 1. The molecule has 2 saturated heterocycles. The summed E-state index contributed by atoms with van der Waals surface area (Å²) in [6, 6.07) is 7.70. The zero-order valence-electron chi connectivity index (χ0n) is 18.8. The van der Waals surface area contributed by atoms with E-state index in [1.807, 2.05) is 6.07 Å². The Labute approximate surface area is 208 Å². The standard InChI is InChI=1S/C24H27Cl2FN4O3/c1-2-31(24(33)34)21-14-30(13-18(21)16-3-5-20(27)19(26)11-16)23(32)15-7-9-29(10-8-15)22-6-4-17(25)12-28-22/h3-6,11-12,15,18,21H,2,7-10,13-14H2,1H3,(H,33,34)/t18-,21+/m0/s1. The fourth-order valence-corrected chi connectivity index (χ4v) is 5.33. The highest BCUT2D eigenvalue weighted by molar-refractivity contribution is 6.31. The second-order valence-corrected chi connectivity index (χ2v) is 9.60. The number of hydrogen-bond acceptors (Lipinski definition) is 4. The lowest BCUT2D eigenvalue weighted by Gasteiger charge is -2.34. The molecule has 0 aliphatic carbocycles. The monoisotopic (exact) mass is 508 g/mol. The molecule has 1 N–H and O–H groups in total. The van der Waals surface area contributed by atoms with Crippen molar-refractivity contribution in [2.24, 2.45) is 5.92 Å². The lowest BCUT2D eigenvalue weighted by Crippen LogP contribution is -2.45. The minimum atomic E-state index is -1.04. The topological polar surface area (TPSA) is 77.0 Å². The smallest absolute Gasteiger partial charge is 0.407 e. The third-order valence-electron chi connectivity index (χ3n) is 6.84. The summed E-state index contributed by atoms with van der Waals surface area (Å²) in [5.41, 5.74) is 0.732. The molecule has 2 aromatic rings. The molecule has 2 atom stereocenters. The number of carbonyl (C=O) groups is 2. The van der Waals surface area contributed by atoms with Crippen LogP contribution in [0, 0.1) is 11.7 Å². The van der Waals surface area contributed by atoms with Crippen molar-refractivity contribution in [3.05, 3.63) is 58.0 Å². The molecule has 34 heavy (non-hydrogen) atoms. The maximum atomic E-state index is 13.7. The number of likely N-dealkylation sites (tertiary alicyclic amines) is 1. The predicted octanol–water partition coefficient (Wildman–Crippen LogP) is 4.74. The van der Waals surface area contributed by atoms with E-state index in [-0.39, 0.29) is 22.8 Å². The van der Waals surface area contributed by atoms with Gasteiger partial charge in [-0.1, -0.05) is 29.3 Å². The average Bonchev–Trinajstić information content (AvgIpc) is 3.26. The van der Waals surface area contributed by atoms with Gasteiger partial charge in [0, 0.05) is 50.8 Å². The lowest BCUT2D eigenvalue weighted by atomic mass is 9.93. The summed E-state index contributed by atoms with van der Waals surface area (Å²) >= 11 is 11.9. The Bertz CT molecular complexity index is 1050. The first-order valence-corrected chi connectivity index (χ1v) is 12.1. The van der Waals surface area contributed by atoms with Crippen molar-refractivity contribution in [3.63, 3.8) is 0 Å². The number of carboxylic acid groups (broad SMARTS) is 1. The highest BCUT2D eigenvalue weighted by atomic mass is 35.5. The molecule has 1 aromatic carbocycles. The Balaban J connectivity index is 1.48. The molecule has 0 spiro atoms. The number of amides is 2. The molecule has 182 valence electrons. The highest BCUT2D eigenvalue weighted by Gasteiger charge is 2.42. The molecule has 0 saturated carbocycles. The van der Waals surface area contributed by atoms with Gasteiger partial charge in [-0.15, -0.1) is 0 Å².